The Kier molecular flexibility index (Phi) is 3.51. The highest BCUT2D eigenvalue weighted by Crippen LogP contribution is 2.18. The Bertz CT molecular complexity index is 603. The maximum Gasteiger partial charge on any atom is 0.0777 e. The van der Waals surface area contributed by atoms with Crippen molar-refractivity contribution < 1.29 is 28.9 Å². The van der Waals surface area contributed by atoms with Crippen LogP contribution in [0.25, 0.3) is 16.4 Å². The van der Waals surface area contributed by atoms with E-state index < -0.39 is 10.2 Å². The maximum absolute atomic E-state index is 8.60. The smallest absolute Gasteiger partial charge is 0.0777 e. The third kappa shape index (κ3) is 3.19. The molecule has 0 spiro atoms. The molecular formula is C12H10ClNO4. The number of para-hydroxylation sites is 1. The summed E-state index contributed by atoms with van der Waals surface area (Å²) >= 11 is 0. The summed E-state index contributed by atoms with van der Waals surface area (Å²) < 4.78 is 34.9. The molecule has 3 rings (SSSR count). The molecule has 2 heterocycles. The van der Waals surface area contributed by atoms with E-state index >= 15 is 0 Å². The summed E-state index contributed by atoms with van der Waals surface area (Å²) in [5.41, 5.74) is 2.53. The summed E-state index contributed by atoms with van der Waals surface area (Å²) in [6.45, 7) is 0. The molecule has 6 heteroatoms. The van der Waals surface area contributed by atoms with Crippen molar-refractivity contribution in [3.05, 3.63) is 54.7 Å². The minimum Gasteiger partial charge on any atom is -0.317 e. The maximum atomic E-state index is 8.60. The van der Waals surface area contributed by atoms with Crippen molar-refractivity contribution in [3.8, 4) is 0 Å². The van der Waals surface area contributed by atoms with Crippen molar-refractivity contribution in [1.82, 2.24) is 4.40 Å². The first-order valence-electron chi connectivity index (χ1n) is 5.03. The van der Waals surface area contributed by atoms with Gasteiger partial charge in [0.2, 0.25) is 0 Å². The molecule has 0 saturated heterocycles. The van der Waals surface area contributed by atoms with Gasteiger partial charge in [0.05, 0.1) is 20.4 Å². The van der Waals surface area contributed by atoms with Gasteiger partial charge in [0, 0.05) is 17.1 Å². The van der Waals surface area contributed by atoms with Gasteiger partial charge < -0.3 is 4.40 Å². The molecule has 0 aliphatic carbocycles. The predicted molar refractivity (Wildman–Crippen MR) is 57.1 cm³/mol. The third-order valence-corrected chi connectivity index (χ3v) is 2.39. The second-order valence-electron chi connectivity index (χ2n) is 3.59. The fourth-order valence-corrected chi connectivity index (χ4v) is 1.78. The van der Waals surface area contributed by atoms with Crippen LogP contribution in [0.5, 0.6) is 0 Å². The van der Waals surface area contributed by atoms with Gasteiger partial charge in [0.15, 0.2) is 0 Å². The molecule has 0 saturated carbocycles. The summed E-state index contributed by atoms with van der Waals surface area (Å²) in [4.78, 5) is 0. The van der Waals surface area contributed by atoms with Crippen LogP contribution < -0.4 is 14.0 Å². The van der Waals surface area contributed by atoms with E-state index in [1.54, 1.807) is 0 Å². The molecule has 5 nitrogen and oxygen atoms in total. The van der Waals surface area contributed by atoms with Gasteiger partial charge in [0.1, 0.15) is 0 Å². The lowest BCUT2D eigenvalue weighted by Gasteiger charge is -2.03. The molecule has 2 aromatic heterocycles. The Morgan fingerprint density at radius 3 is 2.28 bits per heavy atom. The molecule has 0 atom stereocenters. The molecule has 18 heavy (non-hydrogen) atoms. The fraction of sp³-hybridized carbons (Fsp3) is 0. The van der Waals surface area contributed by atoms with Gasteiger partial charge in [0.25, 0.3) is 0 Å². The minimum atomic E-state index is -4.69. The van der Waals surface area contributed by atoms with Crippen LogP contribution in [0.15, 0.2) is 54.7 Å². The van der Waals surface area contributed by atoms with Crippen molar-refractivity contribution in [2.75, 3.05) is 0 Å². The first kappa shape index (κ1) is 12.8. The number of rotatable bonds is 0. The van der Waals surface area contributed by atoms with Crippen molar-refractivity contribution in [2.45, 2.75) is 0 Å². The van der Waals surface area contributed by atoms with Crippen LogP contribution >= 0.6 is 0 Å². The third-order valence-electron chi connectivity index (χ3n) is 2.39. The average Bonchev–Trinajstić information content (AvgIpc) is 2.65. The molecule has 3 aromatic rings. The topological polar surface area (TPSA) is 93.8 Å². The van der Waals surface area contributed by atoms with Crippen LogP contribution in [-0.4, -0.2) is 9.06 Å². The Morgan fingerprint density at radius 1 is 0.944 bits per heavy atom. The number of pyridine rings is 1. The van der Waals surface area contributed by atoms with Crippen LogP contribution in [-0.2, 0) is 0 Å². The van der Waals surface area contributed by atoms with Gasteiger partial charge in [-0.1, -0.05) is 24.3 Å². The number of hydrogen-bond acceptors (Lipinski definition) is 4. The first-order chi connectivity index (χ1) is 8.45. The van der Waals surface area contributed by atoms with Crippen LogP contribution in [0, 0.1) is 10.2 Å². The van der Waals surface area contributed by atoms with Gasteiger partial charge >= 0.3 is 0 Å². The Morgan fingerprint density at radius 2 is 1.56 bits per heavy atom. The molecular weight excluding hydrogens is 258 g/mol. The van der Waals surface area contributed by atoms with Crippen LogP contribution in [0.4, 0.5) is 0 Å². The number of nitrogens with zero attached hydrogens (tertiary/aromatic N) is 1. The molecule has 0 aliphatic rings. The van der Waals surface area contributed by atoms with E-state index in [9.17, 15) is 0 Å². The SMILES string of the molecule is [O-][Cl+3]([O-])([O-])O.c1ccc2c(c1)cc1ccccn12. The number of benzene rings is 1. The first-order valence-corrected chi connectivity index (χ1v) is 6.29. The lowest BCUT2D eigenvalue weighted by atomic mass is 10.2. The van der Waals surface area contributed by atoms with Crippen molar-refractivity contribution in [3.63, 3.8) is 0 Å². The molecule has 0 fully saturated rings. The fourth-order valence-electron chi connectivity index (χ4n) is 1.78. The number of aromatic nitrogens is 1. The lowest BCUT2D eigenvalue weighted by Crippen LogP contribution is -2.58. The Hall–Kier alpha value is -1.63. The van der Waals surface area contributed by atoms with E-state index in [2.05, 4.69) is 59.1 Å². The van der Waals surface area contributed by atoms with E-state index in [-0.39, 0.29) is 0 Å². The van der Waals surface area contributed by atoms with Gasteiger partial charge in [-0.2, -0.15) is 14.0 Å². The molecule has 0 unspecified atom stereocenters. The summed E-state index contributed by atoms with van der Waals surface area (Å²) in [6, 6.07) is 16.9. The zero-order valence-corrected chi connectivity index (χ0v) is 9.95. The van der Waals surface area contributed by atoms with Gasteiger partial charge in [-0.25, -0.2) is 0 Å². The predicted octanol–water partition coefficient (Wildman–Crippen LogP) is -1.03. The highest BCUT2D eigenvalue weighted by Gasteiger charge is 1.99. The molecule has 0 amide bonds. The molecule has 0 aliphatic heterocycles. The largest absolute Gasteiger partial charge is 0.317 e. The van der Waals surface area contributed by atoms with Gasteiger partial charge in [-0.05, 0) is 24.3 Å². The molecule has 1 N–H and O–H groups in total. The average molecular weight is 268 g/mol. The summed E-state index contributed by atoms with van der Waals surface area (Å²) in [5.74, 6) is 0. The molecule has 1 aromatic carbocycles. The van der Waals surface area contributed by atoms with Crippen molar-refractivity contribution in [1.29, 1.82) is 0 Å². The van der Waals surface area contributed by atoms with Crippen LogP contribution in [0.1, 0.15) is 0 Å². The standard InChI is InChI=1S/C12H9N.ClHO4/c1-2-7-12-10(5-1)9-11-6-3-4-8-13(11)12;2-1(3,4)5/h1-9H;(H,2,3,4,5). The van der Waals surface area contributed by atoms with Crippen molar-refractivity contribution >= 4 is 16.4 Å². The van der Waals surface area contributed by atoms with E-state index in [1.807, 2.05) is 0 Å². The Balaban J connectivity index is 0.000000209. The van der Waals surface area contributed by atoms with Crippen molar-refractivity contribution in [2.24, 2.45) is 0 Å². The van der Waals surface area contributed by atoms with E-state index in [4.69, 9.17) is 18.6 Å². The number of fused-ring (bicyclic) bond motifs is 3. The monoisotopic (exact) mass is 267 g/mol. The minimum absolute atomic E-state index is 1.25. The molecule has 94 valence electrons. The van der Waals surface area contributed by atoms with Gasteiger partial charge in [-0.15, -0.1) is 0 Å². The highest BCUT2D eigenvalue weighted by molar-refractivity contribution is 5.86. The zero-order valence-electron chi connectivity index (χ0n) is 9.19. The second kappa shape index (κ2) is 4.93. The normalized spacial score (nSPS) is 11.3. The molecule has 0 radical (unpaired) electrons. The lowest BCUT2D eigenvalue weighted by molar-refractivity contribution is -1.92. The quantitative estimate of drug-likeness (QED) is 0.563. The van der Waals surface area contributed by atoms with Crippen LogP contribution in [0.2, 0.25) is 0 Å². The van der Waals surface area contributed by atoms with E-state index in [1.165, 1.54) is 16.4 Å². The van der Waals surface area contributed by atoms with E-state index in [0.29, 0.717) is 0 Å². The van der Waals surface area contributed by atoms with Gasteiger partial charge in [-0.3, -0.25) is 0 Å². The summed E-state index contributed by atoms with van der Waals surface area (Å²) in [7, 11) is -4.69. The number of hydrogen-bond donors (Lipinski definition) is 1. The molecule has 0 bridgehead atoms. The Labute approximate surface area is 105 Å². The number of halogens is 1. The van der Waals surface area contributed by atoms with Crippen LogP contribution in [0.3, 0.4) is 0 Å². The van der Waals surface area contributed by atoms with E-state index in [0.717, 1.165) is 0 Å². The summed E-state index contributed by atoms with van der Waals surface area (Å²) in [6.07, 6.45) is 2.09. The summed E-state index contributed by atoms with van der Waals surface area (Å²) in [5, 5.41) is 1.30. The highest BCUT2D eigenvalue weighted by atomic mass is 35.7. The zero-order chi connectivity index (χ0) is 13.2. The second-order valence-corrected chi connectivity index (χ2v) is 4.39.